The molecule has 2 aliphatic heterocycles. The van der Waals surface area contributed by atoms with Crippen molar-refractivity contribution in [3.05, 3.63) is 0 Å². The molecule has 0 unspecified atom stereocenters. The predicted octanol–water partition coefficient (Wildman–Crippen LogP) is 0.258. The largest absolute Gasteiger partial charge is 0.480 e. The fourth-order valence-electron chi connectivity index (χ4n) is 2.46. The van der Waals surface area contributed by atoms with Crippen LogP contribution in [-0.4, -0.2) is 60.4 Å². The third-order valence-electron chi connectivity index (χ3n) is 3.41. The van der Waals surface area contributed by atoms with E-state index >= 15 is 0 Å². The molecule has 2 aliphatic rings. The van der Waals surface area contributed by atoms with Crippen LogP contribution in [0, 0.1) is 0 Å². The summed E-state index contributed by atoms with van der Waals surface area (Å²) in [6, 6.07) is -0.677. The molecule has 0 aromatic heterocycles. The van der Waals surface area contributed by atoms with Gasteiger partial charge in [-0.05, 0) is 25.7 Å². The standard InChI is InChI=1S/C12H19NO5/c14-11(8-17-7-9-3-2-6-18-9)13-5-1-4-10(13)12(15)16/h9-10H,1-8H2,(H,15,16)/t9-,10-/m1/s1. The number of likely N-dealkylation sites (tertiary alicyclic amines) is 1. The molecule has 1 amide bonds. The zero-order valence-electron chi connectivity index (χ0n) is 10.3. The van der Waals surface area contributed by atoms with Gasteiger partial charge in [0.25, 0.3) is 0 Å². The van der Waals surface area contributed by atoms with Gasteiger partial charge in [-0.2, -0.15) is 0 Å². The van der Waals surface area contributed by atoms with E-state index in [1.54, 1.807) is 0 Å². The minimum absolute atomic E-state index is 0.0519. The highest BCUT2D eigenvalue weighted by atomic mass is 16.5. The van der Waals surface area contributed by atoms with Crippen LogP contribution in [0.5, 0.6) is 0 Å². The van der Waals surface area contributed by atoms with Crippen molar-refractivity contribution in [2.45, 2.75) is 37.8 Å². The number of nitrogens with zero attached hydrogens (tertiary/aromatic N) is 1. The predicted molar refractivity (Wildman–Crippen MR) is 62.2 cm³/mol. The summed E-state index contributed by atoms with van der Waals surface area (Å²) in [5.41, 5.74) is 0. The van der Waals surface area contributed by atoms with E-state index in [0.29, 0.717) is 19.6 Å². The third-order valence-corrected chi connectivity index (χ3v) is 3.41. The molecule has 2 fully saturated rings. The second-order valence-corrected chi connectivity index (χ2v) is 4.73. The lowest BCUT2D eigenvalue weighted by Gasteiger charge is -2.21. The highest BCUT2D eigenvalue weighted by Crippen LogP contribution is 2.18. The number of rotatable bonds is 5. The lowest BCUT2D eigenvalue weighted by Crippen LogP contribution is -2.42. The molecule has 0 aromatic carbocycles. The summed E-state index contributed by atoms with van der Waals surface area (Å²) < 4.78 is 10.7. The summed E-state index contributed by atoms with van der Waals surface area (Å²) in [6.45, 7) is 1.63. The number of hydrogen-bond acceptors (Lipinski definition) is 4. The first-order valence-corrected chi connectivity index (χ1v) is 6.40. The molecule has 102 valence electrons. The van der Waals surface area contributed by atoms with Crippen LogP contribution in [-0.2, 0) is 19.1 Å². The Morgan fingerprint density at radius 1 is 1.33 bits per heavy atom. The second-order valence-electron chi connectivity index (χ2n) is 4.73. The van der Waals surface area contributed by atoms with Gasteiger partial charge in [-0.3, -0.25) is 4.79 Å². The fourth-order valence-corrected chi connectivity index (χ4v) is 2.46. The van der Waals surface area contributed by atoms with Crippen molar-refractivity contribution in [3.63, 3.8) is 0 Å². The van der Waals surface area contributed by atoms with Gasteiger partial charge in [0.15, 0.2) is 0 Å². The van der Waals surface area contributed by atoms with Gasteiger partial charge < -0.3 is 19.5 Å². The van der Waals surface area contributed by atoms with Crippen LogP contribution >= 0.6 is 0 Å². The fraction of sp³-hybridized carbons (Fsp3) is 0.833. The monoisotopic (exact) mass is 257 g/mol. The molecule has 0 spiro atoms. The van der Waals surface area contributed by atoms with Crippen LogP contribution in [0.1, 0.15) is 25.7 Å². The first-order valence-electron chi connectivity index (χ1n) is 6.40. The highest BCUT2D eigenvalue weighted by molar-refractivity contribution is 5.84. The van der Waals surface area contributed by atoms with E-state index in [1.807, 2.05) is 0 Å². The van der Waals surface area contributed by atoms with Gasteiger partial charge in [-0.15, -0.1) is 0 Å². The molecule has 0 aromatic rings. The minimum atomic E-state index is -0.931. The average Bonchev–Trinajstić information content (AvgIpc) is 2.99. The van der Waals surface area contributed by atoms with Crippen LogP contribution in [0.25, 0.3) is 0 Å². The molecule has 0 radical (unpaired) electrons. The molecular weight excluding hydrogens is 238 g/mol. The summed E-state index contributed by atoms with van der Waals surface area (Å²) in [6.07, 6.45) is 3.37. The van der Waals surface area contributed by atoms with Gasteiger partial charge in [-0.1, -0.05) is 0 Å². The smallest absolute Gasteiger partial charge is 0.326 e. The number of ether oxygens (including phenoxy) is 2. The maximum Gasteiger partial charge on any atom is 0.326 e. The summed E-state index contributed by atoms with van der Waals surface area (Å²) in [5.74, 6) is -1.17. The Labute approximate surface area is 106 Å². The molecule has 6 heteroatoms. The SMILES string of the molecule is O=C(O)[C@H]1CCCN1C(=O)COC[C@H]1CCCO1. The van der Waals surface area contributed by atoms with Crippen molar-refractivity contribution in [1.29, 1.82) is 0 Å². The number of hydrogen-bond donors (Lipinski definition) is 1. The quantitative estimate of drug-likeness (QED) is 0.764. The molecule has 2 rings (SSSR count). The molecule has 0 bridgehead atoms. The van der Waals surface area contributed by atoms with E-state index in [1.165, 1.54) is 4.90 Å². The molecule has 2 saturated heterocycles. The van der Waals surface area contributed by atoms with E-state index in [4.69, 9.17) is 14.6 Å². The maximum absolute atomic E-state index is 11.8. The molecule has 2 atom stereocenters. The maximum atomic E-state index is 11.8. The first kappa shape index (κ1) is 13.3. The summed E-state index contributed by atoms with van der Waals surface area (Å²) in [4.78, 5) is 24.2. The van der Waals surface area contributed by atoms with Gasteiger partial charge in [0, 0.05) is 13.2 Å². The number of aliphatic carboxylic acids is 1. The molecule has 1 N–H and O–H groups in total. The molecule has 0 saturated carbocycles. The zero-order chi connectivity index (χ0) is 13.0. The van der Waals surface area contributed by atoms with E-state index in [2.05, 4.69) is 0 Å². The third kappa shape index (κ3) is 3.20. The van der Waals surface area contributed by atoms with Crippen LogP contribution in [0.3, 0.4) is 0 Å². The van der Waals surface area contributed by atoms with Gasteiger partial charge in [0.05, 0.1) is 12.7 Å². The Bertz CT molecular complexity index is 314. The molecule has 18 heavy (non-hydrogen) atoms. The average molecular weight is 257 g/mol. The molecule has 0 aliphatic carbocycles. The number of carbonyl (C=O) groups is 2. The highest BCUT2D eigenvalue weighted by Gasteiger charge is 2.33. The topological polar surface area (TPSA) is 76.1 Å². The number of carboxylic acid groups (broad SMARTS) is 1. The Hall–Kier alpha value is -1.14. The number of carbonyl (C=O) groups excluding carboxylic acids is 1. The van der Waals surface area contributed by atoms with Crippen LogP contribution < -0.4 is 0 Å². The van der Waals surface area contributed by atoms with Crippen LogP contribution in [0.4, 0.5) is 0 Å². The second kappa shape index (κ2) is 6.15. The Morgan fingerprint density at radius 3 is 2.83 bits per heavy atom. The van der Waals surface area contributed by atoms with E-state index in [9.17, 15) is 9.59 Å². The molecular formula is C12H19NO5. The van der Waals surface area contributed by atoms with Crippen molar-refractivity contribution in [2.24, 2.45) is 0 Å². The zero-order valence-corrected chi connectivity index (χ0v) is 10.3. The molecule has 2 heterocycles. The lowest BCUT2D eigenvalue weighted by molar-refractivity contribution is -0.150. The summed E-state index contributed by atoms with van der Waals surface area (Å²) in [7, 11) is 0. The number of amides is 1. The van der Waals surface area contributed by atoms with E-state index < -0.39 is 12.0 Å². The lowest BCUT2D eigenvalue weighted by atomic mass is 10.2. The van der Waals surface area contributed by atoms with E-state index in [-0.39, 0.29) is 18.6 Å². The Kier molecular flexibility index (Phi) is 4.54. The minimum Gasteiger partial charge on any atom is -0.480 e. The first-order chi connectivity index (χ1) is 8.68. The summed E-state index contributed by atoms with van der Waals surface area (Å²) in [5, 5.41) is 8.98. The van der Waals surface area contributed by atoms with Gasteiger partial charge in [0.1, 0.15) is 12.6 Å². The van der Waals surface area contributed by atoms with Crippen molar-refractivity contribution in [3.8, 4) is 0 Å². The van der Waals surface area contributed by atoms with Crippen molar-refractivity contribution < 1.29 is 24.2 Å². The normalized spacial score (nSPS) is 27.7. The number of carboxylic acids is 1. The van der Waals surface area contributed by atoms with Crippen molar-refractivity contribution in [1.82, 2.24) is 4.90 Å². The van der Waals surface area contributed by atoms with Crippen molar-refractivity contribution >= 4 is 11.9 Å². The van der Waals surface area contributed by atoms with Crippen molar-refractivity contribution in [2.75, 3.05) is 26.4 Å². The Balaban J connectivity index is 1.71. The summed E-state index contributed by atoms with van der Waals surface area (Å²) >= 11 is 0. The van der Waals surface area contributed by atoms with Crippen LogP contribution in [0.2, 0.25) is 0 Å². The van der Waals surface area contributed by atoms with Crippen LogP contribution in [0.15, 0.2) is 0 Å². The van der Waals surface area contributed by atoms with Gasteiger partial charge in [-0.25, -0.2) is 4.79 Å². The van der Waals surface area contributed by atoms with E-state index in [0.717, 1.165) is 25.9 Å². The molecule has 6 nitrogen and oxygen atoms in total. The van der Waals surface area contributed by atoms with Gasteiger partial charge in [0.2, 0.25) is 5.91 Å². The van der Waals surface area contributed by atoms with Gasteiger partial charge >= 0.3 is 5.97 Å². The Morgan fingerprint density at radius 2 is 2.17 bits per heavy atom.